The van der Waals surface area contributed by atoms with Gasteiger partial charge in [-0.25, -0.2) is 10.8 Å². The summed E-state index contributed by atoms with van der Waals surface area (Å²) in [5, 5.41) is 12.4. The lowest BCUT2D eigenvalue weighted by molar-refractivity contribution is 0.899. The van der Waals surface area contributed by atoms with E-state index in [2.05, 4.69) is 25.8 Å². The second kappa shape index (κ2) is 3.07. The van der Waals surface area contributed by atoms with Gasteiger partial charge >= 0.3 is 0 Å². The molecule has 3 aromatic heterocycles. The number of nitrogen functional groups attached to an aromatic ring is 1. The van der Waals surface area contributed by atoms with Crippen LogP contribution in [0.15, 0.2) is 18.3 Å². The molecule has 0 spiro atoms. The number of pyridine rings is 1. The lowest BCUT2D eigenvalue weighted by Crippen LogP contribution is -2.09. The first-order valence-corrected chi connectivity index (χ1v) is 5.05. The molecule has 0 radical (unpaired) electrons. The molecule has 0 saturated carbocycles. The fourth-order valence-corrected chi connectivity index (χ4v) is 2.46. The van der Waals surface area contributed by atoms with Crippen molar-refractivity contribution in [3.05, 3.63) is 18.3 Å². The summed E-state index contributed by atoms with van der Waals surface area (Å²) in [6, 6.07) is 3.82. The van der Waals surface area contributed by atoms with Crippen LogP contribution in [0.5, 0.6) is 0 Å². The minimum absolute atomic E-state index is 0.531. The van der Waals surface area contributed by atoms with Crippen molar-refractivity contribution in [1.82, 2.24) is 20.4 Å². The number of rotatable bonds is 1. The summed E-state index contributed by atoms with van der Waals surface area (Å²) in [7, 11) is 0. The normalized spacial score (nSPS) is 11.0. The Bertz CT molecular complexity index is 633. The molecule has 3 rings (SSSR count). The van der Waals surface area contributed by atoms with E-state index >= 15 is 0 Å². The summed E-state index contributed by atoms with van der Waals surface area (Å²) >= 11 is 1.49. The number of aromatic nitrogens is 4. The summed E-state index contributed by atoms with van der Waals surface area (Å²) in [6.45, 7) is 0. The summed E-state index contributed by atoms with van der Waals surface area (Å²) in [5.41, 5.74) is 3.28. The van der Waals surface area contributed by atoms with E-state index in [1.165, 1.54) is 11.3 Å². The van der Waals surface area contributed by atoms with Gasteiger partial charge in [-0.3, -0.25) is 0 Å². The molecule has 7 heteroatoms. The van der Waals surface area contributed by atoms with Crippen molar-refractivity contribution in [1.29, 1.82) is 0 Å². The van der Waals surface area contributed by atoms with Crippen LogP contribution >= 0.6 is 11.3 Å². The molecule has 0 atom stereocenters. The van der Waals surface area contributed by atoms with Crippen molar-refractivity contribution in [2.75, 3.05) is 5.43 Å². The average Bonchev–Trinajstić information content (AvgIpc) is 2.67. The number of nitrogens with two attached hydrogens (primary N) is 1. The van der Waals surface area contributed by atoms with Gasteiger partial charge in [-0.05, 0) is 17.3 Å². The van der Waals surface area contributed by atoms with E-state index in [9.17, 15) is 0 Å². The standard InChI is InChI=1S/C8H6N6S/c9-11-7-6-5(12-14-13-7)4-2-1-3-10-8(4)15-6/h1-3H,9H2,(H,11,12,13). The molecule has 0 aliphatic carbocycles. The van der Waals surface area contributed by atoms with Crippen molar-refractivity contribution in [3.8, 4) is 0 Å². The van der Waals surface area contributed by atoms with E-state index in [0.29, 0.717) is 5.82 Å². The van der Waals surface area contributed by atoms with Crippen molar-refractivity contribution in [2.45, 2.75) is 0 Å². The molecule has 0 aromatic carbocycles. The van der Waals surface area contributed by atoms with Crippen molar-refractivity contribution in [3.63, 3.8) is 0 Å². The lowest BCUT2D eigenvalue weighted by atomic mass is 10.3. The maximum atomic E-state index is 5.34. The van der Waals surface area contributed by atoms with Crippen molar-refractivity contribution >= 4 is 37.6 Å². The number of thiophene rings is 1. The van der Waals surface area contributed by atoms with E-state index in [0.717, 1.165) is 20.4 Å². The molecule has 0 fully saturated rings. The lowest BCUT2D eigenvalue weighted by Gasteiger charge is -1.95. The highest BCUT2D eigenvalue weighted by molar-refractivity contribution is 7.25. The van der Waals surface area contributed by atoms with Gasteiger partial charge in [0, 0.05) is 11.6 Å². The molecular formula is C8H6N6S. The van der Waals surface area contributed by atoms with Gasteiger partial charge in [-0.15, -0.1) is 21.5 Å². The summed E-state index contributed by atoms with van der Waals surface area (Å²) in [5.74, 6) is 5.87. The van der Waals surface area contributed by atoms with E-state index in [1.54, 1.807) is 6.20 Å². The summed E-state index contributed by atoms with van der Waals surface area (Å²) in [4.78, 5) is 5.16. The van der Waals surface area contributed by atoms with Gasteiger partial charge in [0.15, 0.2) is 5.82 Å². The summed E-state index contributed by atoms with van der Waals surface area (Å²) in [6.07, 6.45) is 1.74. The predicted octanol–water partition coefficient (Wildman–Crippen LogP) is 0.920. The van der Waals surface area contributed by atoms with E-state index in [1.807, 2.05) is 12.1 Å². The minimum atomic E-state index is 0.531. The topological polar surface area (TPSA) is 89.6 Å². The number of nitrogens with zero attached hydrogens (tertiary/aromatic N) is 4. The molecule has 3 N–H and O–H groups in total. The number of nitrogens with one attached hydrogen (secondary N) is 1. The zero-order chi connectivity index (χ0) is 10.3. The first-order chi connectivity index (χ1) is 7.40. The first-order valence-electron chi connectivity index (χ1n) is 4.23. The van der Waals surface area contributed by atoms with Gasteiger partial charge in [0.05, 0.1) is 0 Å². The Morgan fingerprint density at radius 1 is 1.33 bits per heavy atom. The average molecular weight is 218 g/mol. The van der Waals surface area contributed by atoms with Gasteiger partial charge < -0.3 is 5.43 Å². The van der Waals surface area contributed by atoms with E-state index in [-0.39, 0.29) is 0 Å². The van der Waals surface area contributed by atoms with E-state index in [4.69, 9.17) is 5.84 Å². The molecule has 0 aliphatic heterocycles. The maximum Gasteiger partial charge on any atom is 0.184 e. The van der Waals surface area contributed by atoms with Gasteiger partial charge in [0.2, 0.25) is 0 Å². The molecule has 6 nitrogen and oxygen atoms in total. The fourth-order valence-electron chi connectivity index (χ4n) is 1.43. The first kappa shape index (κ1) is 8.45. The molecule has 15 heavy (non-hydrogen) atoms. The van der Waals surface area contributed by atoms with Gasteiger partial charge in [0.1, 0.15) is 15.0 Å². The van der Waals surface area contributed by atoms with Crippen molar-refractivity contribution in [2.24, 2.45) is 5.84 Å². The van der Waals surface area contributed by atoms with Gasteiger partial charge in [-0.1, -0.05) is 0 Å². The molecule has 3 heterocycles. The van der Waals surface area contributed by atoms with Crippen LogP contribution in [-0.2, 0) is 0 Å². The number of hydrazine groups is 1. The Balaban J connectivity index is 2.53. The largest absolute Gasteiger partial charge is 0.306 e. The zero-order valence-corrected chi connectivity index (χ0v) is 8.32. The Morgan fingerprint density at radius 3 is 3.13 bits per heavy atom. The van der Waals surface area contributed by atoms with Crippen LogP contribution in [-0.4, -0.2) is 20.4 Å². The third-order valence-electron chi connectivity index (χ3n) is 2.08. The van der Waals surface area contributed by atoms with Gasteiger partial charge in [0.25, 0.3) is 0 Å². The Morgan fingerprint density at radius 2 is 2.27 bits per heavy atom. The molecule has 0 unspecified atom stereocenters. The van der Waals surface area contributed by atoms with Crippen LogP contribution in [0.1, 0.15) is 0 Å². The Labute approximate surface area is 88.1 Å². The van der Waals surface area contributed by atoms with Crippen LogP contribution in [0.3, 0.4) is 0 Å². The Kier molecular flexibility index (Phi) is 1.73. The third kappa shape index (κ3) is 1.14. The minimum Gasteiger partial charge on any atom is -0.306 e. The van der Waals surface area contributed by atoms with Crippen LogP contribution in [0, 0.1) is 0 Å². The highest BCUT2D eigenvalue weighted by atomic mass is 32.1. The third-order valence-corrected chi connectivity index (χ3v) is 3.19. The second-order valence-corrected chi connectivity index (χ2v) is 3.92. The molecule has 0 amide bonds. The zero-order valence-electron chi connectivity index (χ0n) is 7.51. The molecular weight excluding hydrogens is 212 g/mol. The molecule has 0 saturated heterocycles. The maximum absolute atomic E-state index is 5.34. The molecule has 74 valence electrons. The number of hydrogen-bond acceptors (Lipinski definition) is 7. The fraction of sp³-hybridized carbons (Fsp3) is 0. The smallest absolute Gasteiger partial charge is 0.184 e. The molecule has 0 aliphatic rings. The van der Waals surface area contributed by atoms with Crippen molar-refractivity contribution < 1.29 is 0 Å². The number of fused-ring (bicyclic) bond motifs is 3. The molecule has 0 bridgehead atoms. The SMILES string of the molecule is NNc1nnnc2c1sc1ncccc12. The predicted molar refractivity (Wildman–Crippen MR) is 58.3 cm³/mol. The Hall–Kier alpha value is -1.86. The van der Waals surface area contributed by atoms with Crippen LogP contribution < -0.4 is 11.3 Å². The summed E-state index contributed by atoms with van der Waals surface area (Å²) < 4.78 is 0.876. The van der Waals surface area contributed by atoms with Gasteiger partial charge in [-0.2, -0.15) is 0 Å². The highest BCUT2D eigenvalue weighted by Gasteiger charge is 2.11. The van der Waals surface area contributed by atoms with Crippen LogP contribution in [0.2, 0.25) is 0 Å². The molecule has 3 aromatic rings. The quantitative estimate of drug-likeness (QED) is 0.466. The monoisotopic (exact) mass is 218 g/mol. The number of anilines is 1. The second-order valence-electron chi connectivity index (χ2n) is 2.92. The van der Waals surface area contributed by atoms with Crippen LogP contribution in [0.25, 0.3) is 20.4 Å². The highest BCUT2D eigenvalue weighted by Crippen LogP contribution is 2.33. The van der Waals surface area contributed by atoms with Crippen LogP contribution in [0.4, 0.5) is 5.82 Å². The van der Waals surface area contributed by atoms with E-state index < -0.39 is 0 Å². The number of hydrogen-bond donors (Lipinski definition) is 2.